The predicted octanol–water partition coefficient (Wildman–Crippen LogP) is 3.28. The SMILES string of the molecule is CN1Cc2nc(-c3[nH]cc4c(C(N)=O)cccc34)nc(NCc3ccccc3)c2C1. The molecule has 0 spiro atoms. The van der Waals surface area contributed by atoms with Gasteiger partial charge in [-0.25, -0.2) is 9.97 Å². The fraction of sp³-hybridized carbons (Fsp3) is 0.174. The monoisotopic (exact) mass is 398 g/mol. The number of carbonyl (C=O) groups is 1. The van der Waals surface area contributed by atoms with Gasteiger partial charge in [-0.05, 0) is 18.7 Å². The number of hydrogen-bond acceptors (Lipinski definition) is 5. The standard InChI is InChI=1S/C23H22N6O/c1-29-12-18-19(13-29)27-23(28-22(18)26-10-14-6-3-2-4-7-14)20-15-8-5-9-16(21(24)30)17(15)11-25-20/h2-9,11,25H,10,12-13H2,1H3,(H2,24,30)(H,26,27,28). The molecular formula is C23H22N6O. The molecule has 0 atom stereocenters. The summed E-state index contributed by atoms with van der Waals surface area (Å²) in [6, 6.07) is 15.8. The van der Waals surface area contributed by atoms with Crippen molar-refractivity contribution in [3.8, 4) is 11.5 Å². The number of rotatable bonds is 5. The van der Waals surface area contributed by atoms with Crippen LogP contribution >= 0.6 is 0 Å². The number of H-pyrrole nitrogens is 1. The normalized spacial score (nSPS) is 13.5. The third-order valence-corrected chi connectivity index (χ3v) is 5.47. The van der Waals surface area contributed by atoms with E-state index in [0.29, 0.717) is 17.9 Å². The highest BCUT2D eigenvalue weighted by Crippen LogP contribution is 2.32. The van der Waals surface area contributed by atoms with Crippen molar-refractivity contribution in [3.63, 3.8) is 0 Å². The molecule has 1 aliphatic heterocycles. The van der Waals surface area contributed by atoms with Crippen LogP contribution < -0.4 is 11.1 Å². The third-order valence-electron chi connectivity index (χ3n) is 5.47. The molecule has 4 N–H and O–H groups in total. The Morgan fingerprint density at radius 2 is 1.93 bits per heavy atom. The van der Waals surface area contributed by atoms with Gasteiger partial charge in [0, 0.05) is 47.7 Å². The molecule has 0 bridgehead atoms. The van der Waals surface area contributed by atoms with Gasteiger partial charge in [0.2, 0.25) is 5.91 Å². The van der Waals surface area contributed by atoms with Gasteiger partial charge in [0.15, 0.2) is 5.82 Å². The van der Waals surface area contributed by atoms with Crippen LogP contribution in [0.1, 0.15) is 27.2 Å². The summed E-state index contributed by atoms with van der Waals surface area (Å²) in [7, 11) is 2.07. The van der Waals surface area contributed by atoms with Gasteiger partial charge >= 0.3 is 0 Å². The first kappa shape index (κ1) is 18.3. The summed E-state index contributed by atoms with van der Waals surface area (Å²) < 4.78 is 0. The van der Waals surface area contributed by atoms with Crippen LogP contribution in [0.2, 0.25) is 0 Å². The maximum Gasteiger partial charge on any atom is 0.249 e. The first-order valence-electron chi connectivity index (χ1n) is 9.86. The molecule has 30 heavy (non-hydrogen) atoms. The Kier molecular flexibility index (Phi) is 4.44. The summed E-state index contributed by atoms with van der Waals surface area (Å²) in [6.45, 7) is 2.27. The smallest absolute Gasteiger partial charge is 0.249 e. The number of amides is 1. The zero-order valence-corrected chi connectivity index (χ0v) is 16.6. The molecule has 7 heteroatoms. The van der Waals surface area contributed by atoms with Crippen LogP contribution in [0.4, 0.5) is 5.82 Å². The number of benzene rings is 2. The summed E-state index contributed by atoms with van der Waals surface area (Å²) >= 11 is 0. The highest BCUT2D eigenvalue weighted by Gasteiger charge is 2.24. The summed E-state index contributed by atoms with van der Waals surface area (Å²) in [6.07, 6.45) is 1.80. The average molecular weight is 398 g/mol. The van der Waals surface area contributed by atoms with E-state index in [0.717, 1.165) is 46.6 Å². The number of nitrogens with two attached hydrogens (primary N) is 1. The molecule has 4 aromatic rings. The van der Waals surface area contributed by atoms with E-state index in [4.69, 9.17) is 15.7 Å². The fourth-order valence-corrected chi connectivity index (χ4v) is 4.01. The van der Waals surface area contributed by atoms with Crippen LogP contribution in [0, 0.1) is 0 Å². The highest BCUT2D eigenvalue weighted by molar-refractivity contribution is 6.09. The number of aromatic amines is 1. The quantitative estimate of drug-likeness (QED) is 0.479. The number of nitrogens with one attached hydrogen (secondary N) is 2. The van der Waals surface area contributed by atoms with E-state index in [2.05, 4.69) is 34.4 Å². The number of carbonyl (C=O) groups excluding carboxylic acids is 1. The zero-order chi connectivity index (χ0) is 20.7. The van der Waals surface area contributed by atoms with Crippen molar-refractivity contribution >= 4 is 22.5 Å². The number of hydrogen-bond donors (Lipinski definition) is 3. The van der Waals surface area contributed by atoms with E-state index in [1.54, 1.807) is 12.3 Å². The van der Waals surface area contributed by atoms with Crippen molar-refractivity contribution in [2.45, 2.75) is 19.6 Å². The van der Waals surface area contributed by atoms with E-state index in [9.17, 15) is 4.79 Å². The molecule has 1 aliphatic rings. The van der Waals surface area contributed by atoms with Gasteiger partial charge in [0.05, 0.1) is 11.4 Å². The molecule has 2 aromatic carbocycles. The average Bonchev–Trinajstić information content (AvgIpc) is 3.35. The van der Waals surface area contributed by atoms with Crippen molar-refractivity contribution in [3.05, 3.63) is 77.1 Å². The summed E-state index contributed by atoms with van der Waals surface area (Å²) in [5.74, 6) is 1.00. The molecule has 2 aromatic heterocycles. The molecule has 7 nitrogen and oxygen atoms in total. The Morgan fingerprint density at radius 1 is 1.10 bits per heavy atom. The van der Waals surface area contributed by atoms with E-state index >= 15 is 0 Å². The van der Waals surface area contributed by atoms with Gasteiger partial charge in [0.25, 0.3) is 0 Å². The molecule has 0 radical (unpaired) electrons. The van der Waals surface area contributed by atoms with Crippen LogP contribution in [-0.4, -0.2) is 32.8 Å². The van der Waals surface area contributed by atoms with Crippen molar-refractivity contribution in [2.75, 3.05) is 12.4 Å². The Balaban J connectivity index is 1.58. The Bertz CT molecular complexity index is 1250. The number of nitrogens with zero attached hydrogens (tertiary/aromatic N) is 3. The lowest BCUT2D eigenvalue weighted by molar-refractivity contribution is 0.100. The summed E-state index contributed by atoms with van der Waals surface area (Å²) in [4.78, 5) is 27.0. The van der Waals surface area contributed by atoms with E-state index in [1.165, 1.54) is 5.56 Å². The largest absolute Gasteiger partial charge is 0.366 e. The molecule has 1 amide bonds. The molecule has 0 aliphatic carbocycles. The van der Waals surface area contributed by atoms with Crippen molar-refractivity contribution in [1.29, 1.82) is 0 Å². The minimum Gasteiger partial charge on any atom is -0.366 e. The fourth-order valence-electron chi connectivity index (χ4n) is 4.01. The Morgan fingerprint density at radius 3 is 2.73 bits per heavy atom. The van der Waals surface area contributed by atoms with Crippen molar-refractivity contribution < 1.29 is 4.79 Å². The molecule has 5 rings (SSSR count). The van der Waals surface area contributed by atoms with Gasteiger partial charge in [-0.15, -0.1) is 0 Å². The number of anilines is 1. The topological polar surface area (TPSA) is 99.9 Å². The van der Waals surface area contributed by atoms with E-state index in [-0.39, 0.29) is 0 Å². The first-order chi connectivity index (χ1) is 14.6. The summed E-state index contributed by atoms with van der Waals surface area (Å²) in [5, 5.41) is 5.16. The Labute approximate surface area is 174 Å². The van der Waals surface area contributed by atoms with Crippen molar-refractivity contribution in [2.24, 2.45) is 5.73 Å². The zero-order valence-electron chi connectivity index (χ0n) is 16.6. The predicted molar refractivity (Wildman–Crippen MR) is 117 cm³/mol. The minimum atomic E-state index is -0.451. The molecule has 0 unspecified atom stereocenters. The van der Waals surface area contributed by atoms with Gasteiger partial charge < -0.3 is 16.0 Å². The second kappa shape index (κ2) is 7.27. The van der Waals surface area contributed by atoms with E-state index < -0.39 is 5.91 Å². The third kappa shape index (κ3) is 3.19. The second-order valence-corrected chi connectivity index (χ2v) is 7.63. The van der Waals surface area contributed by atoms with Gasteiger partial charge in [0.1, 0.15) is 5.82 Å². The summed E-state index contributed by atoms with van der Waals surface area (Å²) in [5.41, 5.74) is 10.1. The molecule has 0 saturated heterocycles. The Hall–Kier alpha value is -3.71. The number of fused-ring (bicyclic) bond motifs is 2. The van der Waals surface area contributed by atoms with Crippen molar-refractivity contribution in [1.82, 2.24) is 19.9 Å². The highest BCUT2D eigenvalue weighted by atomic mass is 16.1. The molecule has 3 heterocycles. The maximum absolute atomic E-state index is 11.8. The molecule has 0 saturated carbocycles. The molecular weight excluding hydrogens is 376 g/mol. The van der Waals surface area contributed by atoms with Gasteiger partial charge in [-0.3, -0.25) is 9.69 Å². The van der Waals surface area contributed by atoms with Crippen LogP contribution in [-0.2, 0) is 19.6 Å². The number of aromatic nitrogens is 3. The van der Waals surface area contributed by atoms with Crippen LogP contribution in [0.3, 0.4) is 0 Å². The van der Waals surface area contributed by atoms with Crippen LogP contribution in [0.5, 0.6) is 0 Å². The lowest BCUT2D eigenvalue weighted by Gasteiger charge is -2.12. The van der Waals surface area contributed by atoms with Gasteiger partial charge in [-0.2, -0.15) is 0 Å². The van der Waals surface area contributed by atoms with E-state index in [1.807, 2.05) is 30.3 Å². The molecule has 150 valence electrons. The second-order valence-electron chi connectivity index (χ2n) is 7.63. The lowest BCUT2D eigenvalue weighted by atomic mass is 10.1. The van der Waals surface area contributed by atoms with Crippen LogP contribution in [0.15, 0.2) is 54.7 Å². The number of primary amides is 1. The lowest BCUT2D eigenvalue weighted by Crippen LogP contribution is -2.10. The molecule has 0 fully saturated rings. The van der Waals surface area contributed by atoms with Gasteiger partial charge in [-0.1, -0.05) is 42.5 Å². The minimum absolute atomic E-state index is 0.451. The maximum atomic E-state index is 11.8. The van der Waals surface area contributed by atoms with Crippen LogP contribution in [0.25, 0.3) is 22.3 Å². The first-order valence-corrected chi connectivity index (χ1v) is 9.86.